The van der Waals surface area contributed by atoms with E-state index in [9.17, 15) is 4.57 Å². The molecule has 0 unspecified atom stereocenters. The van der Waals surface area contributed by atoms with Crippen LogP contribution in [0.25, 0.3) is 0 Å². The number of phosphoric acid groups is 1. The third kappa shape index (κ3) is 28.1. The minimum absolute atomic E-state index is 1.14. The van der Waals surface area contributed by atoms with E-state index in [4.69, 9.17) is 25.3 Å². The molecule has 33 heavy (non-hydrogen) atoms. The summed E-state index contributed by atoms with van der Waals surface area (Å²) in [5.41, 5.74) is 0. The summed E-state index contributed by atoms with van der Waals surface area (Å²) in [6.07, 6.45) is 0. The largest absolute Gasteiger partial charge is 0.445 e. The molecule has 0 bridgehead atoms. The Hall–Kier alpha value is 1.72. The van der Waals surface area contributed by atoms with Crippen LogP contribution in [0.1, 0.15) is 0 Å². The lowest BCUT2D eigenvalue weighted by Crippen LogP contribution is -2.34. The molecule has 0 N–H and O–H groups in total. The first-order valence-corrected chi connectivity index (χ1v) is 34.5. The zero-order valence-corrected chi connectivity index (χ0v) is 32.5. The van der Waals surface area contributed by atoms with Gasteiger partial charge < -0.3 is 25.3 Å². The quantitative estimate of drug-likeness (QED) is 0.160. The number of hydrogen-bond donors (Lipinski definition) is 0. The van der Waals surface area contributed by atoms with E-state index in [2.05, 4.69) is 58.9 Å². The third-order valence-electron chi connectivity index (χ3n) is 2.20. The lowest BCUT2D eigenvalue weighted by Gasteiger charge is -2.33. The highest BCUT2D eigenvalue weighted by atomic mass is 31.2. The summed E-state index contributed by atoms with van der Waals surface area (Å²) in [5, 5.41) is 0. The number of rotatable bonds is 12. The van der Waals surface area contributed by atoms with Crippen molar-refractivity contribution in [3.8, 4) is 0 Å². The van der Waals surface area contributed by atoms with Gasteiger partial charge in [-0.05, 0) is 118 Å². The minimum atomic E-state index is -3.40. The summed E-state index contributed by atoms with van der Waals surface area (Å²) in [6.45, 7) is 37.4. The Kier molecular flexibility index (Phi) is 14.5. The summed E-state index contributed by atoms with van der Waals surface area (Å²) in [4.78, 5) is 0. The van der Waals surface area contributed by atoms with Crippen molar-refractivity contribution in [3.63, 3.8) is 0 Å². The Balaban J connectivity index is 0. The minimum Gasteiger partial charge on any atom is -0.356 e. The van der Waals surface area contributed by atoms with Gasteiger partial charge in [-0.3, -0.25) is 0 Å². The SMILES string of the molecule is C[Si](C)(C)OP(=O)(O[Si](C)(C)C)O[Si](C)(C)C.C[Si](C)(C)OP(O[Si](C)(C)C)O[Si](C)(C)C. The molecular weight excluding hydrogens is 559 g/mol. The fourth-order valence-electron chi connectivity index (χ4n) is 1.79. The zero-order valence-electron chi connectivity index (χ0n) is 24.8. The van der Waals surface area contributed by atoms with Gasteiger partial charge in [-0.25, -0.2) is 4.57 Å². The fourth-order valence-corrected chi connectivity index (χ4v) is 18.1. The number of hydrogen-bond acceptors (Lipinski definition) is 7. The van der Waals surface area contributed by atoms with Gasteiger partial charge in [0.15, 0.2) is 49.9 Å². The first-order chi connectivity index (χ1) is 13.9. The molecule has 0 aromatic heterocycles. The van der Waals surface area contributed by atoms with Crippen molar-refractivity contribution in [3.05, 3.63) is 0 Å². The topological polar surface area (TPSA) is 72.5 Å². The van der Waals surface area contributed by atoms with E-state index < -0.39 is 66.3 Å². The van der Waals surface area contributed by atoms with Crippen molar-refractivity contribution in [2.75, 3.05) is 0 Å². The van der Waals surface area contributed by atoms with Gasteiger partial charge in [0.25, 0.3) is 8.60 Å². The monoisotopic (exact) mass is 612 g/mol. The molecule has 7 nitrogen and oxygen atoms in total. The van der Waals surface area contributed by atoms with Gasteiger partial charge in [-0.15, -0.1) is 0 Å². The molecule has 0 heterocycles. The van der Waals surface area contributed by atoms with E-state index in [1.165, 1.54) is 0 Å². The second-order valence-corrected chi connectivity index (χ2v) is 45.0. The van der Waals surface area contributed by atoms with Crippen LogP contribution in [0.5, 0.6) is 0 Å². The average Bonchev–Trinajstić information content (AvgIpc) is 2.22. The summed E-state index contributed by atoms with van der Waals surface area (Å²) < 4.78 is 47.8. The molecule has 0 amide bonds. The molecular formula is C18H54O7P2Si6. The van der Waals surface area contributed by atoms with Crippen molar-refractivity contribution < 1.29 is 29.8 Å². The first-order valence-electron chi connectivity index (χ1n) is 11.5. The van der Waals surface area contributed by atoms with Gasteiger partial charge in [0.2, 0.25) is 0 Å². The molecule has 15 heteroatoms. The van der Waals surface area contributed by atoms with Crippen LogP contribution in [0.15, 0.2) is 0 Å². The van der Waals surface area contributed by atoms with Crippen LogP contribution in [0.3, 0.4) is 0 Å². The van der Waals surface area contributed by atoms with Crippen LogP contribution >= 0.6 is 16.4 Å². The molecule has 0 radical (unpaired) electrons. The van der Waals surface area contributed by atoms with Crippen molar-refractivity contribution in [2.24, 2.45) is 0 Å². The Morgan fingerprint density at radius 3 is 0.697 bits per heavy atom. The highest BCUT2D eigenvalue weighted by Crippen LogP contribution is 2.55. The van der Waals surface area contributed by atoms with Crippen LogP contribution in [0.2, 0.25) is 118 Å². The second kappa shape index (κ2) is 13.0. The predicted octanol–water partition coefficient (Wildman–Crippen LogP) is 9.42. The highest BCUT2D eigenvalue weighted by Gasteiger charge is 2.41. The maximum absolute atomic E-state index is 12.7. The molecule has 0 aliphatic carbocycles. The van der Waals surface area contributed by atoms with Crippen LogP contribution in [0.4, 0.5) is 0 Å². The summed E-state index contributed by atoms with van der Waals surface area (Å²) in [7, 11) is -15.2. The van der Waals surface area contributed by atoms with E-state index in [0.717, 1.165) is 0 Å². The van der Waals surface area contributed by atoms with Gasteiger partial charge in [0.1, 0.15) is 0 Å². The van der Waals surface area contributed by atoms with E-state index in [0.29, 0.717) is 0 Å². The van der Waals surface area contributed by atoms with Gasteiger partial charge in [0.05, 0.1) is 0 Å². The Labute approximate surface area is 213 Å². The molecule has 0 aliphatic rings. The Bertz CT molecular complexity index is 542. The standard InChI is InChI=1S/C9H27O4PSi3.C9H27O3PSi3/c1-15(2,3)11-14(10,12-16(4,5)6)13-17(7,8)9;1-14(2,3)10-13(11-15(4,5)6)12-16(7,8)9/h1-9H3;1-9H3. The molecule has 0 aromatic carbocycles. The molecule has 202 valence electrons. The van der Waals surface area contributed by atoms with Gasteiger partial charge in [-0.1, -0.05) is 0 Å². The molecule has 0 saturated carbocycles. The summed E-state index contributed by atoms with van der Waals surface area (Å²) in [6, 6.07) is 0. The van der Waals surface area contributed by atoms with E-state index in [1.54, 1.807) is 0 Å². The first kappa shape index (κ1) is 36.9. The molecule has 0 spiro atoms. The summed E-state index contributed by atoms with van der Waals surface area (Å²) >= 11 is 0. The smallest absolute Gasteiger partial charge is 0.356 e. The Morgan fingerprint density at radius 2 is 0.576 bits per heavy atom. The van der Waals surface area contributed by atoms with Gasteiger partial charge in [-0.2, -0.15) is 0 Å². The van der Waals surface area contributed by atoms with Crippen molar-refractivity contribution >= 4 is 66.3 Å². The van der Waals surface area contributed by atoms with Crippen LogP contribution < -0.4 is 0 Å². The molecule has 0 aliphatic heterocycles. The fraction of sp³-hybridized carbons (Fsp3) is 1.00. The summed E-state index contributed by atoms with van der Waals surface area (Å²) in [5.74, 6) is 0. The molecule has 0 atom stereocenters. The second-order valence-electron chi connectivity index (χ2n) is 13.9. The van der Waals surface area contributed by atoms with Crippen LogP contribution in [-0.2, 0) is 29.8 Å². The normalized spacial score (nSPS) is 14.9. The van der Waals surface area contributed by atoms with E-state index in [-0.39, 0.29) is 0 Å². The molecule has 0 aromatic rings. The maximum Gasteiger partial charge on any atom is 0.445 e. The lowest BCUT2D eigenvalue weighted by molar-refractivity contribution is 0.293. The van der Waals surface area contributed by atoms with Gasteiger partial charge in [0, 0.05) is 0 Å². The lowest BCUT2D eigenvalue weighted by atomic mass is 11.8. The van der Waals surface area contributed by atoms with Crippen molar-refractivity contribution in [1.29, 1.82) is 0 Å². The third-order valence-corrected chi connectivity index (χ3v) is 19.8. The Morgan fingerprint density at radius 1 is 0.394 bits per heavy atom. The van der Waals surface area contributed by atoms with E-state index in [1.807, 2.05) is 58.9 Å². The van der Waals surface area contributed by atoms with Crippen LogP contribution in [0, 0.1) is 0 Å². The van der Waals surface area contributed by atoms with Crippen molar-refractivity contribution in [1.82, 2.24) is 0 Å². The van der Waals surface area contributed by atoms with Crippen LogP contribution in [-0.4, -0.2) is 49.9 Å². The molecule has 0 saturated heterocycles. The predicted molar refractivity (Wildman–Crippen MR) is 161 cm³/mol. The molecule has 0 rings (SSSR count). The highest BCUT2D eigenvalue weighted by molar-refractivity contribution is 7.53. The van der Waals surface area contributed by atoms with Crippen molar-refractivity contribution in [2.45, 2.75) is 118 Å². The molecule has 0 fully saturated rings. The average molecular weight is 613 g/mol. The maximum atomic E-state index is 12.7. The van der Waals surface area contributed by atoms with E-state index >= 15 is 0 Å². The zero-order chi connectivity index (χ0) is 27.3. The van der Waals surface area contributed by atoms with Gasteiger partial charge >= 0.3 is 7.82 Å².